The van der Waals surface area contributed by atoms with E-state index >= 15 is 0 Å². The van der Waals surface area contributed by atoms with Gasteiger partial charge in [-0.15, -0.1) is 0 Å². The molecule has 0 fully saturated rings. The number of benzene rings is 2. The molecule has 22 heavy (non-hydrogen) atoms. The van der Waals surface area contributed by atoms with Crippen molar-refractivity contribution in [3.8, 4) is 0 Å². The van der Waals surface area contributed by atoms with E-state index in [4.69, 9.17) is 0 Å². The zero-order valence-corrected chi connectivity index (χ0v) is 13.3. The third kappa shape index (κ3) is 3.31. The Hall–Kier alpha value is -2.27. The number of anilines is 1. The van der Waals surface area contributed by atoms with Crippen molar-refractivity contribution in [3.63, 3.8) is 0 Å². The average Bonchev–Trinajstić information content (AvgIpc) is 2.89. The van der Waals surface area contributed by atoms with Gasteiger partial charge in [-0.05, 0) is 43.7 Å². The summed E-state index contributed by atoms with van der Waals surface area (Å²) in [5.74, 6) is -0.0314. The molecule has 1 atom stereocenters. The lowest BCUT2D eigenvalue weighted by atomic mass is 10.2. The summed E-state index contributed by atoms with van der Waals surface area (Å²) in [5, 5.41) is 3.46. The second kappa shape index (κ2) is 6.23. The Morgan fingerprint density at radius 3 is 2.82 bits per heavy atom. The molecule has 1 heterocycles. The van der Waals surface area contributed by atoms with Crippen LogP contribution in [0.25, 0.3) is 11.0 Å². The largest absolute Gasteiger partial charge is 0.333 e. The molecule has 0 aliphatic rings. The molecule has 1 aromatic heterocycles. The Bertz CT molecular complexity index is 779. The first kappa shape index (κ1) is 14.7. The van der Waals surface area contributed by atoms with Gasteiger partial charge in [0.05, 0.1) is 16.3 Å². The lowest BCUT2D eigenvalue weighted by Crippen LogP contribution is -2.22. The van der Waals surface area contributed by atoms with E-state index in [1.165, 1.54) is 11.8 Å². The van der Waals surface area contributed by atoms with Crippen LogP contribution in [0.5, 0.6) is 0 Å². The highest BCUT2D eigenvalue weighted by molar-refractivity contribution is 8.00. The third-order valence-electron chi connectivity index (χ3n) is 3.31. The number of hydrogen-bond acceptors (Lipinski definition) is 3. The van der Waals surface area contributed by atoms with Crippen molar-refractivity contribution < 1.29 is 4.79 Å². The third-order valence-corrected chi connectivity index (χ3v) is 4.30. The van der Waals surface area contributed by atoms with Gasteiger partial charge in [-0.2, -0.15) is 0 Å². The summed E-state index contributed by atoms with van der Waals surface area (Å²) in [5.41, 5.74) is 3.84. The molecule has 4 nitrogen and oxygen atoms in total. The van der Waals surface area contributed by atoms with Gasteiger partial charge in [0.25, 0.3) is 0 Å². The number of carbonyl (C=O) groups is 1. The van der Waals surface area contributed by atoms with Gasteiger partial charge in [-0.25, -0.2) is 4.98 Å². The number of para-hydroxylation sites is 2. The maximum atomic E-state index is 12.3. The smallest absolute Gasteiger partial charge is 0.237 e. The molecular formula is C17H17N3OS. The lowest BCUT2D eigenvalue weighted by Gasteiger charge is -2.10. The summed E-state index contributed by atoms with van der Waals surface area (Å²) in [6.07, 6.45) is 0. The number of H-pyrrole nitrogens is 1. The second-order valence-corrected chi connectivity index (χ2v) is 6.51. The summed E-state index contributed by atoms with van der Waals surface area (Å²) < 4.78 is 0. The molecule has 0 aliphatic carbocycles. The van der Waals surface area contributed by atoms with E-state index in [9.17, 15) is 4.79 Å². The van der Waals surface area contributed by atoms with Crippen molar-refractivity contribution in [1.29, 1.82) is 0 Å². The predicted octanol–water partition coefficient (Wildman–Crippen LogP) is 3.99. The van der Waals surface area contributed by atoms with Crippen molar-refractivity contribution >= 4 is 34.4 Å². The van der Waals surface area contributed by atoms with Crippen molar-refractivity contribution in [2.45, 2.75) is 24.3 Å². The van der Waals surface area contributed by atoms with Crippen LogP contribution in [0.1, 0.15) is 12.5 Å². The fourth-order valence-corrected chi connectivity index (χ4v) is 2.99. The number of thioether (sulfide) groups is 1. The highest BCUT2D eigenvalue weighted by atomic mass is 32.2. The highest BCUT2D eigenvalue weighted by Gasteiger charge is 2.16. The quantitative estimate of drug-likeness (QED) is 0.716. The average molecular weight is 311 g/mol. The van der Waals surface area contributed by atoms with E-state index in [1.54, 1.807) is 0 Å². The molecule has 2 N–H and O–H groups in total. The maximum absolute atomic E-state index is 12.3. The molecule has 3 rings (SSSR count). The van der Waals surface area contributed by atoms with Crippen molar-refractivity contribution in [3.05, 3.63) is 54.1 Å². The van der Waals surface area contributed by atoms with Crippen molar-refractivity contribution in [2.24, 2.45) is 0 Å². The summed E-state index contributed by atoms with van der Waals surface area (Å²) in [6, 6.07) is 15.6. The number of imidazole rings is 1. The molecule has 0 spiro atoms. The van der Waals surface area contributed by atoms with Crippen LogP contribution in [0.2, 0.25) is 0 Å². The van der Waals surface area contributed by atoms with E-state index in [-0.39, 0.29) is 11.2 Å². The molecule has 0 radical (unpaired) electrons. The number of aryl methyl sites for hydroxylation is 1. The number of aromatic nitrogens is 2. The van der Waals surface area contributed by atoms with Crippen LogP contribution < -0.4 is 5.32 Å². The summed E-state index contributed by atoms with van der Waals surface area (Å²) >= 11 is 1.42. The monoisotopic (exact) mass is 311 g/mol. The van der Waals surface area contributed by atoms with E-state index < -0.39 is 0 Å². The fourth-order valence-electron chi connectivity index (χ4n) is 2.17. The van der Waals surface area contributed by atoms with E-state index in [2.05, 4.69) is 15.3 Å². The summed E-state index contributed by atoms with van der Waals surface area (Å²) in [7, 11) is 0. The van der Waals surface area contributed by atoms with Gasteiger partial charge >= 0.3 is 0 Å². The van der Waals surface area contributed by atoms with Gasteiger partial charge in [0.2, 0.25) is 5.91 Å². The van der Waals surface area contributed by atoms with Crippen molar-refractivity contribution in [2.75, 3.05) is 5.32 Å². The molecule has 5 heteroatoms. The van der Waals surface area contributed by atoms with Gasteiger partial charge in [-0.3, -0.25) is 4.79 Å². The van der Waals surface area contributed by atoms with Crippen LogP contribution in [0.15, 0.2) is 53.7 Å². The minimum Gasteiger partial charge on any atom is -0.333 e. The first-order valence-electron chi connectivity index (χ1n) is 7.11. The van der Waals surface area contributed by atoms with Gasteiger partial charge in [0, 0.05) is 5.69 Å². The molecule has 1 amide bonds. The number of nitrogens with one attached hydrogen (secondary N) is 2. The van der Waals surface area contributed by atoms with E-state index in [1.807, 2.05) is 62.4 Å². The van der Waals surface area contributed by atoms with Gasteiger partial charge in [0.1, 0.15) is 0 Å². The number of rotatable bonds is 4. The van der Waals surface area contributed by atoms with Gasteiger partial charge in [-0.1, -0.05) is 36.0 Å². The zero-order chi connectivity index (χ0) is 15.5. The Balaban J connectivity index is 1.68. The van der Waals surface area contributed by atoms with E-state index in [0.717, 1.165) is 27.4 Å². The van der Waals surface area contributed by atoms with Crippen LogP contribution in [0, 0.1) is 6.92 Å². The van der Waals surface area contributed by atoms with Crippen LogP contribution in [0.3, 0.4) is 0 Å². The number of hydrogen-bond donors (Lipinski definition) is 2. The first-order chi connectivity index (χ1) is 10.6. The molecule has 112 valence electrons. The molecule has 3 aromatic rings. The lowest BCUT2D eigenvalue weighted by molar-refractivity contribution is -0.115. The molecular weight excluding hydrogens is 294 g/mol. The summed E-state index contributed by atoms with van der Waals surface area (Å²) in [6.45, 7) is 3.88. The number of carbonyl (C=O) groups excluding carboxylic acids is 1. The normalized spacial score (nSPS) is 12.3. The zero-order valence-electron chi connectivity index (χ0n) is 12.5. The fraction of sp³-hybridized carbons (Fsp3) is 0.176. The number of aromatic amines is 1. The minimum absolute atomic E-state index is 0.0314. The minimum atomic E-state index is -0.235. The highest BCUT2D eigenvalue weighted by Crippen LogP contribution is 2.24. The standard InChI is InChI=1S/C17H17N3OS/c1-11-6-5-7-13(10-11)18-16(21)12(2)22-17-19-14-8-3-4-9-15(14)20-17/h3-10,12H,1-2H3,(H,18,21)(H,19,20)/t12-/m0/s1. The molecule has 0 aliphatic heterocycles. The molecule has 0 saturated carbocycles. The van der Waals surface area contributed by atoms with Gasteiger partial charge in [0.15, 0.2) is 5.16 Å². The predicted molar refractivity (Wildman–Crippen MR) is 91.2 cm³/mol. The van der Waals surface area contributed by atoms with E-state index in [0.29, 0.717) is 0 Å². The number of fused-ring (bicyclic) bond motifs is 1. The van der Waals surface area contributed by atoms with Crippen LogP contribution >= 0.6 is 11.8 Å². The number of amides is 1. The molecule has 0 unspecified atom stereocenters. The van der Waals surface area contributed by atoms with Crippen LogP contribution in [-0.4, -0.2) is 21.1 Å². The Morgan fingerprint density at radius 1 is 1.23 bits per heavy atom. The number of nitrogens with zero attached hydrogens (tertiary/aromatic N) is 1. The molecule has 2 aromatic carbocycles. The topological polar surface area (TPSA) is 57.8 Å². The van der Waals surface area contributed by atoms with Gasteiger partial charge < -0.3 is 10.3 Å². The Kier molecular flexibility index (Phi) is 4.15. The molecule has 0 bridgehead atoms. The summed E-state index contributed by atoms with van der Waals surface area (Å²) in [4.78, 5) is 20.0. The second-order valence-electron chi connectivity index (χ2n) is 5.18. The first-order valence-corrected chi connectivity index (χ1v) is 7.99. The van der Waals surface area contributed by atoms with Crippen molar-refractivity contribution in [1.82, 2.24) is 9.97 Å². The van der Waals surface area contributed by atoms with Crippen LogP contribution in [-0.2, 0) is 4.79 Å². The SMILES string of the molecule is Cc1cccc(NC(=O)[C@H](C)Sc2nc3ccccc3[nH]2)c1. The Morgan fingerprint density at radius 2 is 2.05 bits per heavy atom. The maximum Gasteiger partial charge on any atom is 0.237 e. The molecule has 0 saturated heterocycles. The van der Waals surface area contributed by atoms with Crippen LogP contribution in [0.4, 0.5) is 5.69 Å². The Labute approximate surface area is 133 Å².